The van der Waals surface area contributed by atoms with Crippen LogP contribution in [0.5, 0.6) is 11.8 Å². The minimum atomic E-state index is -0.487. The van der Waals surface area contributed by atoms with E-state index in [0.717, 1.165) is 41.9 Å². The number of pyridine rings is 1. The molecular formula is C35H39N3O4. The summed E-state index contributed by atoms with van der Waals surface area (Å²) in [4.78, 5) is 21.4. The van der Waals surface area contributed by atoms with E-state index in [4.69, 9.17) is 19.2 Å². The average Bonchev–Trinajstić information content (AvgIpc) is 3.00. The van der Waals surface area contributed by atoms with Crippen molar-refractivity contribution in [3.8, 4) is 22.9 Å². The van der Waals surface area contributed by atoms with Crippen molar-refractivity contribution in [1.29, 1.82) is 0 Å². The first-order chi connectivity index (χ1) is 20.3. The lowest BCUT2D eigenvalue weighted by Crippen LogP contribution is -2.49. The normalized spacial score (nSPS) is 13.9. The molecule has 0 N–H and O–H groups in total. The molecule has 0 saturated carbocycles. The zero-order valence-corrected chi connectivity index (χ0v) is 24.7. The number of aromatic nitrogens is 1. The molecule has 1 amide bonds. The Balaban J connectivity index is 1.29. The highest BCUT2D eigenvalue weighted by molar-refractivity contribution is 5.70. The smallest absolute Gasteiger partial charge is 0.410 e. The fourth-order valence-corrected chi connectivity index (χ4v) is 4.80. The molecule has 2 heterocycles. The molecule has 218 valence electrons. The Morgan fingerprint density at radius 1 is 0.738 bits per heavy atom. The molecular weight excluding hydrogens is 526 g/mol. The highest BCUT2D eigenvalue weighted by Gasteiger charge is 2.26. The van der Waals surface area contributed by atoms with Gasteiger partial charge in [0.25, 0.3) is 0 Å². The Bertz CT molecular complexity index is 1450. The molecule has 0 radical (unpaired) electrons. The summed E-state index contributed by atoms with van der Waals surface area (Å²) in [6.45, 7) is 10.2. The predicted molar refractivity (Wildman–Crippen MR) is 164 cm³/mol. The maximum atomic E-state index is 12.5. The number of benzene rings is 3. The molecule has 7 heteroatoms. The Kier molecular flexibility index (Phi) is 9.39. The van der Waals surface area contributed by atoms with Crippen LogP contribution in [0.3, 0.4) is 0 Å². The predicted octanol–water partition coefficient (Wildman–Crippen LogP) is 6.96. The summed E-state index contributed by atoms with van der Waals surface area (Å²) >= 11 is 0. The van der Waals surface area contributed by atoms with Gasteiger partial charge in [0.05, 0.1) is 0 Å². The van der Waals surface area contributed by atoms with Crippen LogP contribution in [0, 0.1) is 0 Å². The third-order valence-electron chi connectivity index (χ3n) is 6.95. The van der Waals surface area contributed by atoms with Gasteiger partial charge in [0, 0.05) is 44.4 Å². The van der Waals surface area contributed by atoms with Crippen LogP contribution in [0.25, 0.3) is 11.1 Å². The van der Waals surface area contributed by atoms with Crippen molar-refractivity contribution in [1.82, 2.24) is 14.8 Å². The van der Waals surface area contributed by atoms with Crippen LogP contribution in [0.15, 0.2) is 97.1 Å². The van der Waals surface area contributed by atoms with Gasteiger partial charge in [0.1, 0.15) is 18.8 Å². The molecule has 0 unspecified atom stereocenters. The first-order valence-electron chi connectivity index (χ1n) is 14.5. The molecule has 0 bridgehead atoms. The van der Waals surface area contributed by atoms with Crippen LogP contribution < -0.4 is 9.47 Å². The van der Waals surface area contributed by atoms with Crippen molar-refractivity contribution in [3.63, 3.8) is 0 Å². The quantitative estimate of drug-likeness (QED) is 0.219. The number of carbonyl (C=O) groups excluding carboxylic acids is 1. The standard InChI is InChI=1S/C35H39N3O4/c1-35(2,3)42-34(39)38-21-19-37(20-22-38)24-29-15-10-16-30(23-29)31-17-18-32(40-25-27-11-6-4-7-12-27)36-33(31)41-26-28-13-8-5-9-14-28/h4-18,23H,19-22,24-26H2,1-3H3. The van der Waals surface area contributed by atoms with Gasteiger partial charge in [0.2, 0.25) is 11.8 Å². The van der Waals surface area contributed by atoms with E-state index in [1.54, 1.807) is 4.90 Å². The molecule has 1 aromatic heterocycles. The van der Waals surface area contributed by atoms with Gasteiger partial charge >= 0.3 is 6.09 Å². The van der Waals surface area contributed by atoms with E-state index in [1.807, 2.05) is 93.6 Å². The molecule has 0 atom stereocenters. The third-order valence-corrected chi connectivity index (χ3v) is 6.95. The second kappa shape index (κ2) is 13.5. The van der Waals surface area contributed by atoms with Gasteiger partial charge in [-0.05, 0) is 55.2 Å². The van der Waals surface area contributed by atoms with Crippen molar-refractivity contribution in [2.75, 3.05) is 26.2 Å². The fraction of sp³-hybridized carbons (Fsp3) is 0.314. The topological polar surface area (TPSA) is 64.1 Å². The zero-order valence-electron chi connectivity index (χ0n) is 24.7. The van der Waals surface area contributed by atoms with Gasteiger partial charge in [-0.15, -0.1) is 0 Å². The number of nitrogens with zero attached hydrogens (tertiary/aromatic N) is 3. The molecule has 1 fully saturated rings. The summed E-state index contributed by atoms with van der Waals surface area (Å²) in [5, 5.41) is 0. The van der Waals surface area contributed by atoms with E-state index in [0.29, 0.717) is 38.1 Å². The van der Waals surface area contributed by atoms with Gasteiger partial charge in [-0.1, -0.05) is 78.9 Å². The summed E-state index contributed by atoms with van der Waals surface area (Å²) in [5.74, 6) is 1.05. The van der Waals surface area contributed by atoms with Crippen LogP contribution in [0.4, 0.5) is 4.79 Å². The van der Waals surface area contributed by atoms with Crippen molar-refractivity contribution < 1.29 is 19.0 Å². The maximum absolute atomic E-state index is 12.5. The Hall–Kier alpha value is -4.36. The van der Waals surface area contributed by atoms with Crippen LogP contribution in [-0.4, -0.2) is 52.7 Å². The largest absolute Gasteiger partial charge is 0.473 e. The van der Waals surface area contributed by atoms with Crippen molar-refractivity contribution in [3.05, 3.63) is 114 Å². The van der Waals surface area contributed by atoms with E-state index >= 15 is 0 Å². The van der Waals surface area contributed by atoms with Crippen LogP contribution in [0.1, 0.15) is 37.5 Å². The first kappa shape index (κ1) is 29.1. The summed E-state index contributed by atoms with van der Waals surface area (Å²) in [7, 11) is 0. The SMILES string of the molecule is CC(C)(C)OC(=O)N1CCN(Cc2cccc(-c3ccc(OCc4ccccc4)nc3OCc3ccccc3)c2)CC1. The lowest BCUT2D eigenvalue weighted by Gasteiger charge is -2.35. The molecule has 1 aliphatic heterocycles. The molecule has 1 saturated heterocycles. The second-order valence-corrected chi connectivity index (χ2v) is 11.5. The number of rotatable bonds is 9. The number of amides is 1. The molecule has 4 aromatic rings. The molecule has 42 heavy (non-hydrogen) atoms. The minimum absolute atomic E-state index is 0.240. The number of carbonyl (C=O) groups is 1. The summed E-state index contributed by atoms with van der Waals surface area (Å²) in [6, 6.07) is 32.5. The molecule has 1 aliphatic rings. The highest BCUT2D eigenvalue weighted by atomic mass is 16.6. The third kappa shape index (κ3) is 8.33. The first-order valence-corrected chi connectivity index (χ1v) is 14.5. The maximum Gasteiger partial charge on any atom is 0.410 e. The van der Waals surface area contributed by atoms with Crippen LogP contribution in [0.2, 0.25) is 0 Å². The van der Waals surface area contributed by atoms with Gasteiger partial charge in [-0.2, -0.15) is 4.98 Å². The van der Waals surface area contributed by atoms with E-state index < -0.39 is 5.60 Å². The van der Waals surface area contributed by atoms with Gasteiger partial charge in [0.15, 0.2) is 0 Å². The van der Waals surface area contributed by atoms with Crippen molar-refractivity contribution in [2.45, 2.75) is 46.1 Å². The zero-order chi connectivity index (χ0) is 29.4. The lowest BCUT2D eigenvalue weighted by molar-refractivity contribution is 0.0139. The van der Waals surface area contributed by atoms with E-state index in [1.165, 1.54) is 5.56 Å². The fourth-order valence-electron chi connectivity index (χ4n) is 4.80. The van der Waals surface area contributed by atoms with Gasteiger partial charge in [-0.25, -0.2) is 4.79 Å². The molecule has 7 nitrogen and oxygen atoms in total. The minimum Gasteiger partial charge on any atom is -0.473 e. The van der Waals surface area contributed by atoms with Crippen molar-refractivity contribution in [2.24, 2.45) is 0 Å². The highest BCUT2D eigenvalue weighted by Crippen LogP contribution is 2.32. The van der Waals surface area contributed by atoms with Crippen LogP contribution in [-0.2, 0) is 24.5 Å². The summed E-state index contributed by atoms with van der Waals surface area (Å²) in [5.41, 5.74) is 4.80. The lowest BCUT2D eigenvalue weighted by atomic mass is 10.0. The monoisotopic (exact) mass is 565 g/mol. The van der Waals surface area contributed by atoms with Gasteiger partial charge in [-0.3, -0.25) is 4.90 Å². The molecule has 0 aliphatic carbocycles. The van der Waals surface area contributed by atoms with E-state index in [-0.39, 0.29) is 6.09 Å². The summed E-state index contributed by atoms with van der Waals surface area (Å²) < 4.78 is 17.8. The van der Waals surface area contributed by atoms with Crippen molar-refractivity contribution >= 4 is 6.09 Å². The summed E-state index contributed by atoms with van der Waals surface area (Å²) in [6.07, 6.45) is -0.240. The van der Waals surface area contributed by atoms with E-state index in [2.05, 4.69) is 29.2 Å². The number of hydrogen-bond donors (Lipinski definition) is 0. The van der Waals surface area contributed by atoms with Crippen LogP contribution >= 0.6 is 0 Å². The average molecular weight is 566 g/mol. The molecule has 5 rings (SSSR count). The Morgan fingerprint density at radius 3 is 2.00 bits per heavy atom. The Labute approximate surface area is 248 Å². The molecule has 0 spiro atoms. The number of ether oxygens (including phenoxy) is 3. The second-order valence-electron chi connectivity index (χ2n) is 11.5. The molecule has 3 aromatic carbocycles. The van der Waals surface area contributed by atoms with Gasteiger partial charge < -0.3 is 19.1 Å². The Morgan fingerprint density at radius 2 is 1.36 bits per heavy atom. The number of hydrogen-bond acceptors (Lipinski definition) is 6. The number of piperazine rings is 1. The van der Waals surface area contributed by atoms with E-state index in [9.17, 15) is 4.79 Å².